The summed E-state index contributed by atoms with van der Waals surface area (Å²) >= 11 is 1.46. The van der Waals surface area contributed by atoms with Crippen molar-refractivity contribution in [3.63, 3.8) is 0 Å². The Morgan fingerprint density at radius 3 is 2.59 bits per heavy atom. The zero-order valence-electron chi connectivity index (χ0n) is 15.5. The van der Waals surface area contributed by atoms with E-state index >= 15 is 0 Å². The first kappa shape index (κ1) is 18.8. The van der Waals surface area contributed by atoms with Gasteiger partial charge in [0.2, 0.25) is 0 Å². The predicted molar refractivity (Wildman–Crippen MR) is 112 cm³/mol. The van der Waals surface area contributed by atoms with Gasteiger partial charge in [-0.3, -0.25) is 4.79 Å². The number of nitriles is 1. The molecule has 4 aromatic rings. The van der Waals surface area contributed by atoms with Crippen LogP contribution >= 0.6 is 11.8 Å². The van der Waals surface area contributed by atoms with Gasteiger partial charge in [0.05, 0.1) is 11.6 Å². The minimum absolute atomic E-state index is 0.136. The third-order valence-corrected chi connectivity index (χ3v) is 5.30. The van der Waals surface area contributed by atoms with E-state index in [9.17, 15) is 4.79 Å². The zero-order chi connectivity index (χ0) is 20.1. The molecule has 0 radical (unpaired) electrons. The Morgan fingerprint density at radius 2 is 1.79 bits per heavy atom. The fourth-order valence-electron chi connectivity index (χ4n) is 2.89. The van der Waals surface area contributed by atoms with Gasteiger partial charge in [-0.25, -0.2) is 4.98 Å². The third kappa shape index (κ3) is 4.48. The van der Waals surface area contributed by atoms with E-state index in [4.69, 9.17) is 9.68 Å². The maximum Gasteiger partial charge on any atom is 0.257 e. The highest BCUT2D eigenvalue weighted by Crippen LogP contribution is 2.27. The number of rotatable bonds is 6. The fourth-order valence-corrected chi connectivity index (χ4v) is 3.74. The first-order chi connectivity index (χ1) is 14.2. The van der Waals surface area contributed by atoms with Gasteiger partial charge in [-0.1, -0.05) is 54.2 Å². The first-order valence-corrected chi connectivity index (χ1v) is 10.0. The van der Waals surface area contributed by atoms with Crippen LogP contribution in [0.2, 0.25) is 0 Å². The molecule has 0 saturated carbocycles. The molecule has 142 valence electrons. The molecule has 0 bridgehead atoms. The molecule has 4 rings (SSSR count). The van der Waals surface area contributed by atoms with Crippen LogP contribution in [0.25, 0.3) is 11.1 Å². The van der Waals surface area contributed by atoms with E-state index in [0.717, 1.165) is 22.2 Å². The second-order valence-corrected chi connectivity index (χ2v) is 7.31. The highest BCUT2D eigenvalue weighted by molar-refractivity contribution is 7.98. The smallest absolute Gasteiger partial charge is 0.257 e. The molecule has 0 spiro atoms. The van der Waals surface area contributed by atoms with E-state index in [0.29, 0.717) is 28.6 Å². The van der Waals surface area contributed by atoms with Crippen molar-refractivity contribution in [2.24, 2.45) is 0 Å². The lowest BCUT2D eigenvalue weighted by Gasteiger charge is -2.09. The van der Waals surface area contributed by atoms with Gasteiger partial charge in [0, 0.05) is 17.9 Å². The summed E-state index contributed by atoms with van der Waals surface area (Å²) in [5.74, 6) is 0.441. The minimum atomic E-state index is -0.136. The largest absolute Gasteiger partial charge is 0.431 e. The Hall–Kier alpha value is -3.56. The topological polar surface area (TPSA) is 78.9 Å². The van der Waals surface area contributed by atoms with Gasteiger partial charge in [0.15, 0.2) is 5.58 Å². The number of thioether (sulfide) groups is 1. The molecule has 1 amide bonds. The molecule has 1 N–H and O–H groups in total. The van der Waals surface area contributed by atoms with Crippen molar-refractivity contribution in [3.8, 4) is 6.07 Å². The quantitative estimate of drug-likeness (QED) is 0.466. The van der Waals surface area contributed by atoms with Crippen molar-refractivity contribution in [1.82, 2.24) is 10.3 Å². The summed E-state index contributed by atoms with van der Waals surface area (Å²) in [5.41, 5.74) is 4.66. The highest BCUT2D eigenvalue weighted by Gasteiger charge is 2.13. The number of oxazole rings is 1. The second kappa shape index (κ2) is 8.63. The summed E-state index contributed by atoms with van der Waals surface area (Å²) in [4.78, 5) is 17.2. The summed E-state index contributed by atoms with van der Waals surface area (Å²) in [6, 6.07) is 24.4. The molecule has 3 aromatic carbocycles. The van der Waals surface area contributed by atoms with Crippen molar-refractivity contribution < 1.29 is 9.21 Å². The summed E-state index contributed by atoms with van der Waals surface area (Å²) in [6.45, 7) is 0.400. The van der Waals surface area contributed by atoms with Crippen LogP contribution in [0.4, 0.5) is 0 Å². The number of nitrogens with zero attached hydrogens (tertiary/aromatic N) is 2. The maximum atomic E-state index is 12.7. The maximum absolute atomic E-state index is 12.7. The number of para-hydroxylation sites is 2. The molecule has 1 aromatic heterocycles. The third-order valence-electron chi connectivity index (χ3n) is 4.42. The monoisotopic (exact) mass is 399 g/mol. The first-order valence-electron chi connectivity index (χ1n) is 9.06. The Kier molecular flexibility index (Phi) is 5.59. The number of fused-ring (bicyclic) bond motifs is 1. The van der Waals surface area contributed by atoms with E-state index in [1.54, 1.807) is 12.1 Å². The average Bonchev–Trinajstić information content (AvgIpc) is 3.19. The number of hydrogen-bond acceptors (Lipinski definition) is 5. The van der Waals surface area contributed by atoms with Crippen molar-refractivity contribution >= 4 is 28.8 Å². The fraction of sp³-hybridized carbons (Fsp3) is 0.0870. The standard InChI is InChI=1S/C23H17N3O2S/c24-13-16-9-11-17(12-10-16)14-25-22(27)19-6-2-1-5-18(19)15-29-23-26-20-7-3-4-8-21(20)28-23/h1-12H,14-15H2,(H,25,27). The van der Waals surface area contributed by atoms with Crippen LogP contribution in [0.15, 0.2) is 82.4 Å². The normalized spacial score (nSPS) is 10.6. The Balaban J connectivity index is 1.42. The molecule has 0 aliphatic heterocycles. The molecule has 0 fully saturated rings. The SMILES string of the molecule is N#Cc1ccc(CNC(=O)c2ccccc2CSc2nc3ccccc3o2)cc1. The van der Waals surface area contributed by atoms with Crippen molar-refractivity contribution in [2.75, 3.05) is 0 Å². The molecule has 29 heavy (non-hydrogen) atoms. The van der Waals surface area contributed by atoms with Crippen LogP contribution in [0.1, 0.15) is 27.0 Å². The van der Waals surface area contributed by atoms with Gasteiger partial charge in [0.1, 0.15) is 5.52 Å². The van der Waals surface area contributed by atoms with Crippen molar-refractivity contribution in [2.45, 2.75) is 17.5 Å². The van der Waals surface area contributed by atoms with E-state index in [2.05, 4.69) is 16.4 Å². The summed E-state index contributed by atoms with van der Waals surface area (Å²) in [6.07, 6.45) is 0. The molecule has 0 unspecified atom stereocenters. The van der Waals surface area contributed by atoms with Crippen molar-refractivity contribution in [3.05, 3.63) is 95.1 Å². The van der Waals surface area contributed by atoms with Gasteiger partial charge in [-0.2, -0.15) is 5.26 Å². The lowest BCUT2D eigenvalue weighted by atomic mass is 10.1. The number of amides is 1. The van der Waals surface area contributed by atoms with Crippen LogP contribution in [0.5, 0.6) is 0 Å². The van der Waals surface area contributed by atoms with Gasteiger partial charge >= 0.3 is 0 Å². The molecule has 6 heteroatoms. The Labute approximate surface area is 172 Å². The second-order valence-electron chi connectivity index (χ2n) is 6.38. The van der Waals surface area contributed by atoms with E-state index in [1.807, 2.05) is 60.7 Å². The Bertz CT molecular complexity index is 1160. The number of benzene rings is 3. The van der Waals surface area contributed by atoms with Gasteiger partial charge in [-0.15, -0.1) is 0 Å². The van der Waals surface area contributed by atoms with Crippen LogP contribution < -0.4 is 5.32 Å². The molecular weight excluding hydrogens is 382 g/mol. The lowest BCUT2D eigenvalue weighted by Crippen LogP contribution is -2.23. The zero-order valence-corrected chi connectivity index (χ0v) is 16.3. The molecular formula is C23H17N3O2S. The lowest BCUT2D eigenvalue weighted by molar-refractivity contribution is 0.0950. The van der Waals surface area contributed by atoms with Crippen LogP contribution in [0, 0.1) is 11.3 Å². The molecule has 0 aliphatic carbocycles. The summed E-state index contributed by atoms with van der Waals surface area (Å²) in [7, 11) is 0. The van der Waals surface area contributed by atoms with Gasteiger partial charge < -0.3 is 9.73 Å². The minimum Gasteiger partial charge on any atom is -0.431 e. The van der Waals surface area contributed by atoms with Crippen LogP contribution in [0.3, 0.4) is 0 Å². The molecule has 0 saturated heterocycles. The number of aromatic nitrogens is 1. The van der Waals surface area contributed by atoms with E-state index in [-0.39, 0.29) is 5.91 Å². The van der Waals surface area contributed by atoms with Gasteiger partial charge in [-0.05, 0) is 41.5 Å². The van der Waals surface area contributed by atoms with Crippen LogP contribution in [-0.4, -0.2) is 10.9 Å². The number of carbonyl (C=O) groups excluding carboxylic acids is 1. The number of nitrogens with one attached hydrogen (secondary N) is 1. The van der Waals surface area contributed by atoms with E-state index < -0.39 is 0 Å². The summed E-state index contributed by atoms with van der Waals surface area (Å²) < 4.78 is 5.74. The number of hydrogen-bond donors (Lipinski definition) is 1. The van der Waals surface area contributed by atoms with Gasteiger partial charge in [0.25, 0.3) is 11.1 Å². The average molecular weight is 399 g/mol. The number of carbonyl (C=O) groups is 1. The molecule has 0 aliphatic rings. The summed E-state index contributed by atoms with van der Waals surface area (Å²) in [5, 5.41) is 12.4. The Morgan fingerprint density at radius 1 is 1.03 bits per heavy atom. The molecule has 5 nitrogen and oxygen atoms in total. The molecule has 0 atom stereocenters. The van der Waals surface area contributed by atoms with E-state index in [1.165, 1.54) is 11.8 Å². The van der Waals surface area contributed by atoms with Crippen molar-refractivity contribution in [1.29, 1.82) is 5.26 Å². The predicted octanol–water partition coefficient (Wildman–Crippen LogP) is 4.92. The highest BCUT2D eigenvalue weighted by atomic mass is 32.2. The molecule has 1 heterocycles. The van der Waals surface area contributed by atoms with Crippen LogP contribution in [-0.2, 0) is 12.3 Å².